The lowest BCUT2D eigenvalue weighted by Crippen LogP contribution is -2.20. The van der Waals surface area contributed by atoms with E-state index in [0.29, 0.717) is 6.04 Å². The first kappa shape index (κ1) is 19.1. The van der Waals surface area contributed by atoms with Crippen molar-refractivity contribution in [1.29, 1.82) is 0 Å². The van der Waals surface area contributed by atoms with Crippen LogP contribution in [0.15, 0.2) is 53.5 Å². The van der Waals surface area contributed by atoms with E-state index in [1.165, 1.54) is 21.7 Å². The van der Waals surface area contributed by atoms with Crippen molar-refractivity contribution in [2.45, 2.75) is 47.1 Å². The maximum absolute atomic E-state index is 5.88. The third kappa shape index (κ3) is 4.35. The van der Waals surface area contributed by atoms with E-state index < -0.39 is 0 Å². The summed E-state index contributed by atoms with van der Waals surface area (Å²) in [5.74, 6) is 0.915. The van der Waals surface area contributed by atoms with Crippen molar-refractivity contribution in [2.24, 2.45) is 10.4 Å². The molecule has 2 aromatic rings. The third-order valence-corrected chi connectivity index (χ3v) is 7.72. The molecule has 3 rings (SSSR count). The Kier molecular flexibility index (Phi) is 5.82. The largest absolute Gasteiger partial charge is 0.478 e. The Hall–Kier alpha value is -1.66. The van der Waals surface area contributed by atoms with Gasteiger partial charge >= 0.3 is 0 Å². The summed E-state index contributed by atoms with van der Waals surface area (Å²) in [6.07, 6.45) is 2.23. The van der Waals surface area contributed by atoms with Gasteiger partial charge < -0.3 is 4.74 Å². The van der Waals surface area contributed by atoms with Crippen LogP contribution in [0.2, 0.25) is 0 Å². The van der Waals surface area contributed by atoms with Crippen LogP contribution in [0.1, 0.15) is 38.3 Å². The van der Waals surface area contributed by atoms with Crippen molar-refractivity contribution in [3.63, 3.8) is 0 Å². The normalized spacial score (nSPS) is 17.3. The molecular weight excluding hydrogens is 337 g/mol. The molecule has 0 aromatic heterocycles. The molecule has 1 atom stereocenters. The standard InChI is InChI=1S/C23H30NOP/c1-17-10-6-8-12-20(17)26(21-13-9-7-11-18(21)2)15-14-19-16-25-22(24-19)23(3,4)5/h6-13,19H,14-16H2,1-5H3/t19-/m0/s1. The Balaban J connectivity index is 1.83. The highest BCUT2D eigenvalue weighted by atomic mass is 31.1. The number of rotatable bonds is 5. The zero-order valence-electron chi connectivity index (χ0n) is 16.6. The lowest BCUT2D eigenvalue weighted by Gasteiger charge is -2.23. The second-order valence-electron chi connectivity index (χ2n) is 8.16. The van der Waals surface area contributed by atoms with E-state index in [2.05, 4.69) is 83.1 Å². The van der Waals surface area contributed by atoms with Gasteiger partial charge in [0.15, 0.2) is 5.90 Å². The molecule has 26 heavy (non-hydrogen) atoms. The Morgan fingerprint density at radius 2 is 1.50 bits per heavy atom. The van der Waals surface area contributed by atoms with Crippen molar-refractivity contribution < 1.29 is 4.74 Å². The molecule has 2 nitrogen and oxygen atoms in total. The van der Waals surface area contributed by atoms with Crippen LogP contribution in [0.25, 0.3) is 0 Å². The van der Waals surface area contributed by atoms with E-state index in [1.807, 2.05) is 0 Å². The van der Waals surface area contributed by atoms with Gasteiger partial charge in [0.25, 0.3) is 0 Å². The number of aryl methyl sites for hydroxylation is 2. The minimum Gasteiger partial charge on any atom is -0.478 e. The topological polar surface area (TPSA) is 21.6 Å². The molecule has 0 fully saturated rings. The Labute approximate surface area is 159 Å². The number of hydrogen-bond donors (Lipinski definition) is 0. The Morgan fingerprint density at radius 1 is 0.962 bits per heavy atom. The SMILES string of the molecule is Cc1ccccc1P(CC[C@H]1COC(C(C)(C)C)=N1)c1ccccc1C. The predicted octanol–water partition coefficient (Wildman–Crippen LogP) is 4.97. The minimum atomic E-state index is -0.376. The molecule has 3 heteroatoms. The Bertz CT molecular complexity index is 745. The maximum atomic E-state index is 5.88. The molecule has 0 radical (unpaired) electrons. The zero-order valence-corrected chi connectivity index (χ0v) is 17.5. The highest BCUT2D eigenvalue weighted by molar-refractivity contribution is 7.73. The second kappa shape index (κ2) is 7.92. The van der Waals surface area contributed by atoms with Gasteiger partial charge in [-0.1, -0.05) is 69.3 Å². The molecule has 0 saturated heterocycles. The van der Waals surface area contributed by atoms with Gasteiger partial charge in [-0.25, -0.2) is 4.99 Å². The van der Waals surface area contributed by atoms with Gasteiger partial charge in [0, 0.05) is 5.41 Å². The summed E-state index contributed by atoms with van der Waals surface area (Å²) in [7, 11) is -0.376. The van der Waals surface area contributed by atoms with Crippen LogP contribution in [0, 0.1) is 19.3 Å². The van der Waals surface area contributed by atoms with Crippen LogP contribution in [-0.4, -0.2) is 24.7 Å². The van der Waals surface area contributed by atoms with Gasteiger partial charge in [-0.3, -0.25) is 0 Å². The summed E-state index contributed by atoms with van der Waals surface area (Å²) in [6, 6.07) is 18.0. The molecular formula is C23H30NOP. The van der Waals surface area contributed by atoms with E-state index in [9.17, 15) is 0 Å². The summed E-state index contributed by atoms with van der Waals surface area (Å²) in [4.78, 5) is 4.87. The fraction of sp³-hybridized carbons (Fsp3) is 0.435. The van der Waals surface area contributed by atoms with E-state index in [-0.39, 0.29) is 13.3 Å². The van der Waals surface area contributed by atoms with E-state index in [1.54, 1.807) is 0 Å². The molecule has 0 saturated carbocycles. The molecule has 0 unspecified atom stereocenters. The van der Waals surface area contributed by atoms with Crippen LogP contribution in [0.4, 0.5) is 0 Å². The molecule has 1 heterocycles. The van der Waals surface area contributed by atoms with Crippen LogP contribution in [-0.2, 0) is 4.74 Å². The first-order valence-corrected chi connectivity index (χ1v) is 11.0. The molecule has 0 amide bonds. The van der Waals surface area contributed by atoms with Gasteiger partial charge in [0.1, 0.15) is 6.61 Å². The molecule has 1 aliphatic rings. The zero-order chi connectivity index (χ0) is 18.7. The average molecular weight is 367 g/mol. The van der Waals surface area contributed by atoms with E-state index in [4.69, 9.17) is 9.73 Å². The number of aliphatic imine (C=N–C) groups is 1. The van der Waals surface area contributed by atoms with Crippen molar-refractivity contribution in [2.75, 3.05) is 12.8 Å². The lowest BCUT2D eigenvalue weighted by molar-refractivity contribution is 0.281. The summed E-state index contributed by atoms with van der Waals surface area (Å²) in [6.45, 7) is 11.7. The van der Waals surface area contributed by atoms with E-state index >= 15 is 0 Å². The average Bonchev–Trinajstić information content (AvgIpc) is 3.07. The summed E-state index contributed by atoms with van der Waals surface area (Å²) < 4.78 is 5.88. The number of nitrogens with zero attached hydrogens (tertiary/aromatic N) is 1. The highest BCUT2D eigenvalue weighted by Crippen LogP contribution is 2.38. The molecule has 138 valence electrons. The first-order chi connectivity index (χ1) is 12.4. The van der Waals surface area contributed by atoms with Gasteiger partial charge in [0.05, 0.1) is 6.04 Å². The Morgan fingerprint density at radius 3 is 1.96 bits per heavy atom. The number of ether oxygens (including phenoxy) is 1. The molecule has 0 N–H and O–H groups in total. The highest BCUT2D eigenvalue weighted by Gasteiger charge is 2.29. The van der Waals surface area contributed by atoms with Crippen LogP contribution >= 0.6 is 7.92 Å². The molecule has 0 bridgehead atoms. The van der Waals surface area contributed by atoms with Crippen LogP contribution in [0.3, 0.4) is 0 Å². The number of hydrogen-bond acceptors (Lipinski definition) is 2. The van der Waals surface area contributed by atoms with Crippen molar-refractivity contribution in [3.05, 3.63) is 59.7 Å². The van der Waals surface area contributed by atoms with E-state index in [0.717, 1.165) is 25.1 Å². The molecule has 2 aromatic carbocycles. The van der Waals surface area contributed by atoms with Gasteiger partial charge in [-0.05, 0) is 56.1 Å². The molecule has 0 spiro atoms. The third-order valence-electron chi connectivity index (χ3n) is 4.85. The fourth-order valence-electron chi connectivity index (χ4n) is 3.35. The quantitative estimate of drug-likeness (QED) is 0.684. The van der Waals surface area contributed by atoms with Crippen molar-refractivity contribution in [3.8, 4) is 0 Å². The maximum Gasteiger partial charge on any atom is 0.189 e. The van der Waals surface area contributed by atoms with Gasteiger partial charge in [-0.2, -0.15) is 0 Å². The molecule has 1 aliphatic heterocycles. The predicted molar refractivity (Wildman–Crippen MR) is 115 cm³/mol. The molecule has 0 aliphatic carbocycles. The second-order valence-corrected chi connectivity index (χ2v) is 10.4. The lowest BCUT2D eigenvalue weighted by atomic mass is 9.97. The van der Waals surface area contributed by atoms with Gasteiger partial charge in [-0.15, -0.1) is 0 Å². The summed E-state index contributed by atoms with van der Waals surface area (Å²) in [5.41, 5.74) is 2.79. The minimum absolute atomic E-state index is 0.00548. The smallest absolute Gasteiger partial charge is 0.189 e. The van der Waals surface area contributed by atoms with Crippen LogP contribution < -0.4 is 10.6 Å². The number of benzene rings is 2. The fourth-order valence-corrected chi connectivity index (χ4v) is 6.19. The first-order valence-electron chi connectivity index (χ1n) is 9.46. The van der Waals surface area contributed by atoms with Crippen molar-refractivity contribution >= 4 is 24.4 Å². The summed E-state index contributed by atoms with van der Waals surface area (Å²) in [5, 5.41) is 2.99. The van der Waals surface area contributed by atoms with Crippen molar-refractivity contribution in [1.82, 2.24) is 0 Å². The van der Waals surface area contributed by atoms with Gasteiger partial charge in [0.2, 0.25) is 0 Å². The summed E-state index contributed by atoms with van der Waals surface area (Å²) >= 11 is 0. The van der Waals surface area contributed by atoms with Crippen LogP contribution in [0.5, 0.6) is 0 Å². The monoisotopic (exact) mass is 367 g/mol.